The molecule has 0 radical (unpaired) electrons. The maximum atomic E-state index is 12.7. The number of benzene rings is 2. The van der Waals surface area contributed by atoms with Crippen LogP contribution in [-0.4, -0.2) is 41.6 Å². The molecule has 4 rings (SSSR count). The molecule has 1 saturated heterocycles. The number of likely N-dealkylation sites (tertiary alicyclic amines) is 1. The molecule has 0 saturated carbocycles. The molecule has 150 valence electrons. The van der Waals surface area contributed by atoms with Gasteiger partial charge in [-0.3, -0.25) is 9.88 Å². The number of esters is 1. The summed E-state index contributed by atoms with van der Waals surface area (Å²) in [6.07, 6.45) is 1.07. The second-order valence-electron chi connectivity index (χ2n) is 7.53. The summed E-state index contributed by atoms with van der Waals surface area (Å²) < 4.78 is 5.35. The molecule has 0 bridgehead atoms. The number of carbonyl (C=O) groups is 1. The summed E-state index contributed by atoms with van der Waals surface area (Å²) in [5, 5.41) is 4.61. The van der Waals surface area contributed by atoms with Crippen molar-refractivity contribution in [1.29, 1.82) is 0 Å². The van der Waals surface area contributed by atoms with Crippen molar-refractivity contribution in [3.63, 3.8) is 0 Å². The van der Waals surface area contributed by atoms with Crippen molar-refractivity contribution in [3.05, 3.63) is 71.4 Å². The van der Waals surface area contributed by atoms with Crippen molar-refractivity contribution in [2.24, 2.45) is 0 Å². The van der Waals surface area contributed by atoms with Crippen LogP contribution in [-0.2, 0) is 11.3 Å². The average molecular weight is 389 g/mol. The number of pyridine rings is 1. The van der Waals surface area contributed by atoms with Gasteiger partial charge in [-0.1, -0.05) is 36.4 Å². The van der Waals surface area contributed by atoms with Gasteiger partial charge in [0.05, 0.1) is 23.4 Å². The van der Waals surface area contributed by atoms with Crippen LogP contribution in [0.25, 0.3) is 10.9 Å². The van der Waals surface area contributed by atoms with Crippen LogP contribution in [0.4, 0.5) is 5.69 Å². The van der Waals surface area contributed by atoms with Crippen molar-refractivity contribution >= 4 is 22.6 Å². The summed E-state index contributed by atoms with van der Waals surface area (Å²) in [6, 6.07) is 18.7. The minimum atomic E-state index is -0.281. The van der Waals surface area contributed by atoms with E-state index in [0.29, 0.717) is 24.8 Å². The largest absolute Gasteiger partial charge is 0.462 e. The molecule has 2 aromatic carbocycles. The molecule has 1 fully saturated rings. The summed E-state index contributed by atoms with van der Waals surface area (Å²) in [4.78, 5) is 19.9. The summed E-state index contributed by atoms with van der Waals surface area (Å²) in [5.74, 6) is -0.281. The third-order valence-electron chi connectivity index (χ3n) is 5.50. The van der Waals surface area contributed by atoms with Gasteiger partial charge in [0, 0.05) is 36.7 Å². The lowest BCUT2D eigenvalue weighted by Gasteiger charge is -2.20. The van der Waals surface area contributed by atoms with Crippen LogP contribution >= 0.6 is 0 Å². The number of ether oxygens (including phenoxy) is 1. The van der Waals surface area contributed by atoms with Crippen molar-refractivity contribution < 1.29 is 9.53 Å². The number of nitrogens with one attached hydrogen (secondary N) is 1. The Morgan fingerprint density at radius 1 is 1.17 bits per heavy atom. The SMILES string of the molecule is CCOC(=O)c1c(CN2CC[C@@H](Nc3ccccc3)C2)nc2ccccc2c1C. The zero-order valence-electron chi connectivity index (χ0n) is 17.0. The number of carbonyl (C=O) groups excluding carboxylic acids is 1. The maximum Gasteiger partial charge on any atom is 0.340 e. The zero-order valence-corrected chi connectivity index (χ0v) is 17.0. The molecule has 1 aromatic heterocycles. The van der Waals surface area contributed by atoms with Gasteiger partial charge in [0.1, 0.15) is 0 Å². The molecule has 1 atom stereocenters. The lowest BCUT2D eigenvalue weighted by atomic mass is 10.0. The molecule has 1 N–H and O–H groups in total. The van der Waals surface area contributed by atoms with Crippen LogP contribution in [0.15, 0.2) is 54.6 Å². The van der Waals surface area contributed by atoms with Gasteiger partial charge in [-0.25, -0.2) is 4.79 Å². The predicted molar refractivity (Wildman–Crippen MR) is 116 cm³/mol. The molecule has 1 aliphatic rings. The lowest BCUT2D eigenvalue weighted by molar-refractivity contribution is 0.0522. The Balaban J connectivity index is 1.57. The standard InChI is InChI=1S/C24H27N3O2/c1-3-29-24(28)23-17(2)20-11-7-8-12-21(20)26-22(23)16-27-14-13-19(15-27)25-18-9-5-4-6-10-18/h4-12,19,25H,3,13-16H2,1-2H3/t19-/m1/s1. The summed E-state index contributed by atoms with van der Waals surface area (Å²) in [7, 11) is 0. The Hall–Kier alpha value is -2.92. The second kappa shape index (κ2) is 8.62. The van der Waals surface area contributed by atoms with Gasteiger partial charge in [-0.2, -0.15) is 0 Å². The van der Waals surface area contributed by atoms with Crippen LogP contribution in [0, 0.1) is 6.92 Å². The molecule has 2 heterocycles. The minimum absolute atomic E-state index is 0.281. The van der Waals surface area contributed by atoms with Crippen molar-refractivity contribution in [3.8, 4) is 0 Å². The quantitative estimate of drug-likeness (QED) is 0.633. The topological polar surface area (TPSA) is 54.5 Å². The van der Waals surface area contributed by atoms with E-state index in [2.05, 4.69) is 22.3 Å². The third-order valence-corrected chi connectivity index (χ3v) is 5.50. The fourth-order valence-corrected chi connectivity index (χ4v) is 4.11. The first kappa shape index (κ1) is 19.4. The highest BCUT2D eigenvalue weighted by Gasteiger charge is 2.26. The van der Waals surface area contributed by atoms with Gasteiger partial charge >= 0.3 is 5.97 Å². The molecule has 5 nitrogen and oxygen atoms in total. The van der Waals surface area contributed by atoms with E-state index in [1.165, 1.54) is 0 Å². The summed E-state index contributed by atoms with van der Waals surface area (Å²) in [6.45, 7) is 6.72. The number of hydrogen-bond donors (Lipinski definition) is 1. The Kier molecular flexibility index (Phi) is 5.76. The smallest absolute Gasteiger partial charge is 0.340 e. The molecular weight excluding hydrogens is 362 g/mol. The molecule has 1 aliphatic heterocycles. The number of anilines is 1. The third kappa shape index (κ3) is 4.25. The van der Waals surface area contributed by atoms with E-state index in [0.717, 1.165) is 47.4 Å². The van der Waals surface area contributed by atoms with Gasteiger partial charge in [0.2, 0.25) is 0 Å². The number of hydrogen-bond acceptors (Lipinski definition) is 5. The number of aryl methyl sites for hydroxylation is 1. The van der Waals surface area contributed by atoms with E-state index in [-0.39, 0.29) is 5.97 Å². The Labute approximate surface area is 171 Å². The van der Waals surface area contributed by atoms with Crippen LogP contribution < -0.4 is 5.32 Å². The number of nitrogens with zero attached hydrogens (tertiary/aromatic N) is 2. The molecule has 3 aromatic rings. The second-order valence-corrected chi connectivity index (χ2v) is 7.53. The predicted octanol–water partition coefficient (Wildman–Crippen LogP) is 4.41. The Bertz CT molecular complexity index is 1000. The molecule has 0 aliphatic carbocycles. The normalized spacial score (nSPS) is 16.8. The zero-order chi connectivity index (χ0) is 20.2. The van der Waals surface area contributed by atoms with E-state index in [1.54, 1.807) is 0 Å². The lowest BCUT2D eigenvalue weighted by Crippen LogP contribution is -2.27. The van der Waals surface area contributed by atoms with Crippen molar-refractivity contribution in [2.45, 2.75) is 32.9 Å². The van der Waals surface area contributed by atoms with Crippen LogP contribution in [0.1, 0.15) is 35.0 Å². The van der Waals surface area contributed by atoms with E-state index >= 15 is 0 Å². The first-order valence-corrected chi connectivity index (χ1v) is 10.2. The van der Waals surface area contributed by atoms with Gasteiger partial charge in [0.25, 0.3) is 0 Å². The van der Waals surface area contributed by atoms with Gasteiger partial charge in [-0.15, -0.1) is 0 Å². The average Bonchev–Trinajstić information content (AvgIpc) is 3.16. The first-order chi connectivity index (χ1) is 14.2. The van der Waals surface area contributed by atoms with Gasteiger partial charge in [-0.05, 0) is 44.0 Å². The number of fused-ring (bicyclic) bond motifs is 1. The van der Waals surface area contributed by atoms with E-state index in [9.17, 15) is 4.79 Å². The highest BCUT2D eigenvalue weighted by atomic mass is 16.5. The highest BCUT2D eigenvalue weighted by molar-refractivity contribution is 5.98. The monoisotopic (exact) mass is 389 g/mol. The van der Waals surface area contributed by atoms with Crippen molar-refractivity contribution in [1.82, 2.24) is 9.88 Å². The van der Waals surface area contributed by atoms with Crippen LogP contribution in [0.3, 0.4) is 0 Å². The van der Waals surface area contributed by atoms with Gasteiger partial charge in [0.15, 0.2) is 0 Å². The van der Waals surface area contributed by atoms with E-state index in [1.807, 2.05) is 56.3 Å². The number of para-hydroxylation sites is 2. The first-order valence-electron chi connectivity index (χ1n) is 10.2. The van der Waals surface area contributed by atoms with Crippen molar-refractivity contribution in [2.75, 3.05) is 25.0 Å². The Morgan fingerprint density at radius 3 is 2.72 bits per heavy atom. The minimum Gasteiger partial charge on any atom is -0.462 e. The van der Waals surface area contributed by atoms with Gasteiger partial charge < -0.3 is 10.1 Å². The molecular formula is C24H27N3O2. The molecule has 0 unspecified atom stereocenters. The molecule has 29 heavy (non-hydrogen) atoms. The summed E-state index contributed by atoms with van der Waals surface area (Å²) >= 11 is 0. The Morgan fingerprint density at radius 2 is 1.93 bits per heavy atom. The highest BCUT2D eigenvalue weighted by Crippen LogP contribution is 2.26. The maximum absolute atomic E-state index is 12.7. The van der Waals surface area contributed by atoms with E-state index in [4.69, 9.17) is 9.72 Å². The van der Waals surface area contributed by atoms with Crippen LogP contribution in [0.5, 0.6) is 0 Å². The fourth-order valence-electron chi connectivity index (χ4n) is 4.11. The summed E-state index contributed by atoms with van der Waals surface area (Å²) in [5.41, 5.74) is 4.43. The fraction of sp³-hybridized carbons (Fsp3) is 0.333. The molecule has 5 heteroatoms. The number of aromatic nitrogens is 1. The van der Waals surface area contributed by atoms with E-state index < -0.39 is 0 Å². The molecule has 0 amide bonds. The van der Waals surface area contributed by atoms with Crippen LogP contribution in [0.2, 0.25) is 0 Å². The number of rotatable bonds is 6. The molecule has 0 spiro atoms.